The minimum Gasteiger partial charge on any atom is -0.379 e. The minimum absolute atomic E-state index is 0.0577. The van der Waals surface area contributed by atoms with Crippen LogP contribution >= 0.6 is 0 Å². The lowest BCUT2D eigenvalue weighted by atomic mass is 9.89. The molecular formula is C15H21N3O3. The molecule has 0 saturated heterocycles. The molecule has 6 heteroatoms. The predicted octanol–water partition coefficient (Wildman–Crippen LogP) is 2.95. The molecule has 1 fully saturated rings. The number of amides is 1. The molecule has 0 unspecified atom stereocenters. The molecule has 0 radical (unpaired) electrons. The van der Waals surface area contributed by atoms with Gasteiger partial charge in [0.05, 0.1) is 4.92 Å². The number of rotatable bonds is 5. The molecule has 0 atom stereocenters. The molecule has 0 spiro atoms. The van der Waals surface area contributed by atoms with Gasteiger partial charge in [-0.15, -0.1) is 0 Å². The van der Waals surface area contributed by atoms with Crippen LogP contribution in [0.4, 0.5) is 11.4 Å². The summed E-state index contributed by atoms with van der Waals surface area (Å²) in [6, 6.07) is 4.53. The Morgan fingerprint density at radius 1 is 1.38 bits per heavy atom. The average molecular weight is 291 g/mol. The molecule has 1 aromatic carbocycles. The first-order valence-corrected chi connectivity index (χ1v) is 7.20. The quantitative estimate of drug-likeness (QED) is 0.645. The number of nitro groups is 1. The Hall–Kier alpha value is -2.11. The summed E-state index contributed by atoms with van der Waals surface area (Å²) in [5, 5.41) is 16.9. The van der Waals surface area contributed by atoms with E-state index in [2.05, 4.69) is 17.6 Å². The smallest absolute Gasteiger partial charge is 0.293 e. The van der Waals surface area contributed by atoms with Crippen molar-refractivity contribution in [3.8, 4) is 0 Å². The maximum absolute atomic E-state index is 11.6. The Balaban J connectivity index is 2.18. The fraction of sp³-hybridized carbons (Fsp3) is 0.533. The molecule has 21 heavy (non-hydrogen) atoms. The van der Waals surface area contributed by atoms with E-state index < -0.39 is 4.92 Å². The van der Waals surface area contributed by atoms with E-state index >= 15 is 0 Å². The van der Waals surface area contributed by atoms with Gasteiger partial charge >= 0.3 is 0 Å². The van der Waals surface area contributed by atoms with Crippen LogP contribution in [0.15, 0.2) is 18.2 Å². The van der Waals surface area contributed by atoms with Crippen LogP contribution in [0.5, 0.6) is 0 Å². The number of benzene rings is 1. The molecule has 0 heterocycles. The number of anilines is 1. The van der Waals surface area contributed by atoms with Gasteiger partial charge in [-0.3, -0.25) is 14.9 Å². The van der Waals surface area contributed by atoms with Crippen LogP contribution < -0.4 is 10.6 Å². The fourth-order valence-electron chi connectivity index (χ4n) is 2.83. The molecule has 1 aliphatic carbocycles. The predicted molar refractivity (Wildman–Crippen MR) is 81.6 cm³/mol. The van der Waals surface area contributed by atoms with Gasteiger partial charge in [-0.25, -0.2) is 0 Å². The summed E-state index contributed by atoms with van der Waals surface area (Å²) < 4.78 is 0. The highest BCUT2D eigenvalue weighted by Crippen LogP contribution is 2.38. The summed E-state index contributed by atoms with van der Waals surface area (Å²) in [5.41, 5.74) is 0.910. The van der Waals surface area contributed by atoms with Gasteiger partial charge in [-0.05, 0) is 30.4 Å². The molecule has 1 amide bonds. The Morgan fingerprint density at radius 2 is 2.05 bits per heavy atom. The summed E-state index contributed by atoms with van der Waals surface area (Å²) in [6.45, 7) is 2.92. The molecule has 114 valence electrons. The lowest BCUT2D eigenvalue weighted by molar-refractivity contribution is -0.384. The summed E-state index contributed by atoms with van der Waals surface area (Å²) in [4.78, 5) is 22.3. The van der Waals surface area contributed by atoms with Crippen LogP contribution in [0.2, 0.25) is 0 Å². The van der Waals surface area contributed by atoms with Crippen molar-refractivity contribution in [2.45, 2.75) is 32.6 Å². The normalized spacial score (nSPS) is 16.5. The van der Waals surface area contributed by atoms with Gasteiger partial charge in [0.25, 0.3) is 11.6 Å². The van der Waals surface area contributed by atoms with E-state index in [9.17, 15) is 14.9 Å². The van der Waals surface area contributed by atoms with Gasteiger partial charge in [-0.2, -0.15) is 0 Å². The molecule has 1 aromatic rings. The van der Waals surface area contributed by atoms with E-state index in [1.165, 1.54) is 26.0 Å². The van der Waals surface area contributed by atoms with Gasteiger partial charge in [0.2, 0.25) is 0 Å². The highest BCUT2D eigenvalue weighted by Gasteiger charge is 2.29. The summed E-state index contributed by atoms with van der Waals surface area (Å²) in [5.74, 6) is -0.326. The fourth-order valence-corrected chi connectivity index (χ4v) is 2.83. The van der Waals surface area contributed by atoms with Crippen molar-refractivity contribution < 1.29 is 9.72 Å². The molecule has 2 rings (SSSR count). The maximum Gasteiger partial charge on any atom is 0.293 e. The van der Waals surface area contributed by atoms with Crippen molar-refractivity contribution in [3.63, 3.8) is 0 Å². The van der Waals surface area contributed by atoms with Gasteiger partial charge in [0, 0.05) is 25.2 Å². The number of nitro benzene ring substituents is 1. The van der Waals surface area contributed by atoms with Gasteiger partial charge in [-0.1, -0.05) is 19.8 Å². The highest BCUT2D eigenvalue weighted by molar-refractivity contribution is 5.95. The second-order valence-corrected chi connectivity index (χ2v) is 5.94. The zero-order chi connectivity index (χ0) is 15.5. The van der Waals surface area contributed by atoms with Crippen molar-refractivity contribution in [1.82, 2.24) is 5.32 Å². The highest BCUT2D eigenvalue weighted by atomic mass is 16.6. The van der Waals surface area contributed by atoms with E-state index in [1.54, 1.807) is 12.1 Å². The maximum atomic E-state index is 11.6. The zero-order valence-corrected chi connectivity index (χ0v) is 12.4. The Kier molecular flexibility index (Phi) is 4.45. The third-order valence-electron chi connectivity index (χ3n) is 4.20. The first-order valence-electron chi connectivity index (χ1n) is 7.20. The standard InChI is InChI=1S/C15H21N3O3/c1-15(7-3-4-8-15)10-17-12-6-5-11(14(19)16-2)9-13(12)18(20)21/h5-6,9,17H,3-4,7-8,10H2,1-2H3,(H,16,19). The van der Waals surface area contributed by atoms with Crippen LogP contribution in [-0.4, -0.2) is 24.4 Å². The van der Waals surface area contributed by atoms with E-state index in [1.807, 2.05) is 0 Å². The number of carbonyl (C=O) groups excluding carboxylic acids is 1. The second-order valence-electron chi connectivity index (χ2n) is 5.94. The van der Waals surface area contributed by atoms with Crippen LogP contribution in [0.25, 0.3) is 0 Å². The number of hydrogen-bond acceptors (Lipinski definition) is 4. The van der Waals surface area contributed by atoms with Crippen LogP contribution in [-0.2, 0) is 0 Å². The Labute approximate surface area is 124 Å². The summed E-state index contributed by atoms with van der Waals surface area (Å²) in [6.07, 6.45) is 4.72. The Morgan fingerprint density at radius 3 is 2.62 bits per heavy atom. The average Bonchev–Trinajstić information content (AvgIpc) is 2.91. The topological polar surface area (TPSA) is 84.3 Å². The van der Waals surface area contributed by atoms with Crippen LogP contribution in [0.3, 0.4) is 0 Å². The number of hydrogen-bond donors (Lipinski definition) is 2. The van der Waals surface area contributed by atoms with E-state index in [0.29, 0.717) is 17.8 Å². The number of nitrogens with zero attached hydrogens (tertiary/aromatic N) is 1. The minimum atomic E-state index is -0.453. The van der Waals surface area contributed by atoms with Crippen LogP contribution in [0, 0.1) is 15.5 Å². The van der Waals surface area contributed by atoms with E-state index in [-0.39, 0.29) is 17.0 Å². The van der Waals surface area contributed by atoms with E-state index in [4.69, 9.17) is 0 Å². The zero-order valence-electron chi connectivity index (χ0n) is 12.4. The first-order chi connectivity index (χ1) is 9.95. The SMILES string of the molecule is CNC(=O)c1ccc(NCC2(C)CCCC2)c([N+](=O)[O-])c1. The molecule has 0 aliphatic heterocycles. The van der Waals surface area contributed by atoms with Crippen molar-refractivity contribution in [1.29, 1.82) is 0 Å². The molecule has 1 saturated carbocycles. The van der Waals surface area contributed by atoms with Crippen LogP contribution in [0.1, 0.15) is 43.0 Å². The Bertz CT molecular complexity index is 551. The molecule has 0 bridgehead atoms. The largest absolute Gasteiger partial charge is 0.379 e. The molecule has 6 nitrogen and oxygen atoms in total. The molecule has 2 N–H and O–H groups in total. The molecular weight excluding hydrogens is 270 g/mol. The monoisotopic (exact) mass is 291 g/mol. The molecule has 1 aliphatic rings. The van der Waals surface area contributed by atoms with Crippen molar-refractivity contribution >= 4 is 17.3 Å². The lowest BCUT2D eigenvalue weighted by Gasteiger charge is -2.24. The molecule has 0 aromatic heterocycles. The van der Waals surface area contributed by atoms with E-state index in [0.717, 1.165) is 12.8 Å². The first kappa shape index (κ1) is 15.3. The second kappa shape index (κ2) is 6.11. The van der Waals surface area contributed by atoms with Crippen molar-refractivity contribution in [2.75, 3.05) is 18.9 Å². The summed E-state index contributed by atoms with van der Waals surface area (Å²) >= 11 is 0. The number of carbonyl (C=O) groups is 1. The van der Waals surface area contributed by atoms with Crippen molar-refractivity contribution in [3.05, 3.63) is 33.9 Å². The van der Waals surface area contributed by atoms with Gasteiger partial charge in [0.15, 0.2) is 0 Å². The lowest BCUT2D eigenvalue weighted by Crippen LogP contribution is -2.23. The summed E-state index contributed by atoms with van der Waals surface area (Å²) in [7, 11) is 1.50. The van der Waals surface area contributed by atoms with Gasteiger partial charge < -0.3 is 10.6 Å². The van der Waals surface area contributed by atoms with Gasteiger partial charge in [0.1, 0.15) is 5.69 Å². The third-order valence-corrected chi connectivity index (χ3v) is 4.20. The third kappa shape index (κ3) is 3.51. The number of nitrogens with one attached hydrogen (secondary N) is 2. The van der Waals surface area contributed by atoms with Crippen molar-refractivity contribution in [2.24, 2.45) is 5.41 Å².